The van der Waals surface area contributed by atoms with E-state index < -0.39 is 11.9 Å². The van der Waals surface area contributed by atoms with Gasteiger partial charge >= 0.3 is 0 Å². The van der Waals surface area contributed by atoms with E-state index in [0.29, 0.717) is 18.2 Å². The second kappa shape index (κ2) is 9.09. The zero-order chi connectivity index (χ0) is 18.4. The Morgan fingerprint density at radius 3 is 2.81 bits per heavy atom. The molecule has 0 amide bonds. The molecular formula is C19H26FN3O3. The molecule has 1 saturated heterocycles. The number of rotatable bonds is 8. The first-order valence-corrected chi connectivity index (χ1v) is 9.23. The third-order valence-corrected chi connectivity index (χ3v) is 4.60. The maximum atomic E-state index is 14.1. The lowest BCUT2D eigenvalue weighted by atomic mass is 10.1. The minimum Gasteiger partial charge on any atom is -0.494 e. The molecule has 7 heteroatoms. The van der Waals surface area contributed by atoms with Gasteiger partial charge in [0, 0.05) is 19.0 Å². The molecule has 2 aromatic rings. The van der Waals surface area contributed by atoms with Gasteiger partial charge in [-0.2, -0.15) is 0 Å². The second-order valence-electron chi connectivity index (χ2n) is 6.72. The molecule has 0 spiro atoms. The first kappa shape index (κ1) is 18.8. The molecule has 26 heavy (non-hydrogen) atoms. The Balaban J connectivity index is 1.51. The SMILES string of the molecule is Cc1nnc(CC(O)c2cc(OCCCN3CCCCC3)ccc2F)o1. The van der Waals surface area contributed by atoms with Gasteiger partial charge in [-0.25, -0.2) is 4.39 Å². The number of aromatic nitrogens is 2. The van der Waals surface area contributed by atoms with E-state index in [9.17, 15) is 9.50 Å². The van der Waals surface area contributed by atoms with Crippen LogP contribution in [0.1, 0.15) is 49.1 Å². The summed E-state index contributed by atoms with van der Waals surface area (Å²) in [5.74, 6) is 0.774. The highest BCUT2D eigenvalue weighted by Gasteiger charge is 2.18. The average molecular weight is 363 g/mol. The number of halogens is 1. The first-order chi connectivity index (χ1) is 12.6. The van der Waals surface area contributed by atoms with Gasteiger partial charge in [0.15, 0.2) is 0 Å². The molecule has 0 bridgehead atoms. The second-order valence-corrected chi connectivity index (χ2v) is 6.72. The fourth-order valence-corrected chi connectivity index (χ4v) is 3.22. The molecule has 1 aromatic heterocycles. The molecule has 2 heterocycles. The van der Waals surface area contributed by atoms with Gasteiger partial charge in [0.2, 0.25) is 11.8 Å². The highest BCUT2D eigenvalue weighted by Crippen LogP contribution is 2.25. The van der Waals surface area contributed by atoms with Crippen LogP contribution in [0.4, 0.5) is 4.39 Å². The summed E-state index contributed by atoms with van der Waals surface area (Å²) in [6, 6.07) is 4.45. The van der Waals surface area contributed by atoms with Crippen LogP contribution < -0.4 is 4.74 Å². The van der Waals surface area contributed by atoms with Gasteiger partial charge in [-0.05, 0) is 50.6 Å². The first-order valence-electron chi connectivity index (χ1n) is 9.23. The van der Waals surface area contributed by atoms with Crippen LogP contribution >= 0.6 is 0 Å². The number of benzene rings is 1. The highest BCUT2D eigenvalue weighted by molar-refractivity contribution is 5.31. The lowest BCUT2D eigenvalue weighted by Crippen LogP contribution is -2.31. The van der Waals surface area contributed by atoms with Gasteiger partial charge in [0.1, 0.15) is 11.6 Å². The van der Waals surface area contributed by atoms with Crippen molar-refractivity contribution in [3.8, 4) is 5.75 Å². The predicted octanol–water partition coefficient (Wildman–Crippen LogP) is 3.05. The van der Waals surface area contributed by atoms with Crippen molar-refractivity contribution in [2.45, 2.75) is 45.1 Å². The molecule has 1 fully saturated rings. The Hall–Kier alpha value is -1.99. The van der Waals surface area contributed by atoms with Crippen molar-refractivity contribution in [3.05, 3.63) is 41.4 Å². The number of hydrogen-bond acceptors (Lipinski definition) is 6. The Bertz CT molecular complexity index is 701. The summed E-state index contributed by atoms with van der Waals surface area (Å²) in [5, 5.41) is 17.8. The highest BCUT2D eigenvalue weighted by atomic mass is 19.1. The maximum Gasteiger partial charge on any atom is 0.219 e. The molecule has 0 radical (unpaired) electrons. The molecule has 0 aliphatic carbocycles. The number of aliphatic hydroxyl groups excluding tert-OH is 1. The minimum atomic E-state index is -1.06. The van der Waals surface area contributed by atoms with Crippen molar-refractivity contribution in [1.29, 1.82) is 0 Å². The molecular weight excluding hydrogens is 337 g/mol. The number of likely N-dealkylation sites (tertiary alicyclic amines) is 1. The monoisotopic (exact) mass is 363 g/mol. The number of hydrogen-bond donors (Lipinski definition) is 1. The number of piperidine rings is 1. The number of aliphatic hydroxyl groups is 1. The topological polar surface area (TPSA) is 71.6 Å². The number of aryl methyl sites for hydroxylation is 1. The van der Waals surface area contributed by atoms with Crippen LogP contribution in [0.5, 0.6) is 5.75 Å². The zero-order valence-electron chi connectivity index (χ0n) is 15.2. The van der Waals surface area contributed by atoms with E-state index in [2.05, 4.69) is 15.1 Å². The average Bonchev–Trinajstić information content (AvgIpc) is 3.05. The standard InChI is InChI=1S/C19H26FN3O3/c1-14-21-22-19(26-14)13-18(24)16-12-15(6-7-17(16)20)25-11-5-10-23-8-3-2-4-9-23/h6-7,12,18,24H,2-5,8-11,13H2,1H3. The van der Waals surface area contributed by atoms with Crippen molar-refractivity contribution in [3.63, 3.8) is 0 Å². The van der Waals surface area contributed by atoms with E-state index in [4.69, 9.17) is 9.15 Å². The van der Waals surface area contributed by atoms with E-state index in [1.807, 2.05) is 0 Å². The van der Waals surface area contributed by atoms with Gasteiger partial charge in [-0.3, -0.25) is 0 Å². The van der Waals surface area contributed by atoms with Crippen LogP contribution in [0.25, 0.3) is 0 Å². The lowest BCUT2D eigenvalue weighted by molar-refractivity contribution is 0.162. The Labute approximate surface area is 153 Å². The van der Waals surface area contributed by atoms with Gasteiger partial charge in [0.25, 0.3) is 0 Å². The smallest absolute Gasteiger partial charge is 0.219 e. The number of nitrogens with zero attached hydrogens (tertiary/aromatic N) is 3. The normalized spacial score (nSPS) is 16.6. The maximum absolute atomic E-state index is 14.1. The van der Waals surface area contributed by atoms with Crippen molar-refractivity contribution < 1.29 is 18.7 Å². The molecule has 1 N–H and O–H groups in total. The minimum absolute atomic E-state index is 0.0656. The molecule has 1 atom stereocenters. The summed E-state index contributed by atoms with van der Waals surface area (Å²) >= 11 is 0. The number of ether oxygens (including phenoxy) is 1. The summed E-state index contributed by atoms with van der Waals surface area (Å²) in [6.45, 7) is 5.60. The van der Waals surface area contributed by atoms with E-state index in [1.54, 1.807) is 19.1 Å². The fourth-order valence-electron chi connectivity index (χ4n) is 3.22. The largest absolute Gasteiger partial charge is 0.494 e. The van der Waals surface area contributed by atoms with Crippen molar-refractivity contribution in [1.82, 2.24) is 15.1 Å². The van der Waals surface area contributed by atoms with Crippen LogP contribution in [0.15, 0.2) is 22.6 Å². The van der Waals surface area contributed by atoms with Crippen LogP contribution in [0, 0.1) is 12.7 Å². The summed E-state index contributed by atoms with van der Waals surface area (Å²) < 4.78 is 25.1. The van der Waals surface area contributed by atoms with Gasteiger partial charge in [-0.1, -0.05) is 6.42 Å². The Morgan fingerprint density at radius 1 is 1.27 bits per heavy atom. The Morgan fingerprint density at radius 2 is 2.08 bits per heavy atom. The fraction of sp³-hybridized carbons (Fsp3) is 0.579. The predicted molar refractivity (Wildman–Crippen MR) is 94.5 cm³/mol. The van der Waals surface area contributed by atoms with E-state index in [-0.39, 0.29) is 17.9 Å². The summed E-state index contributed by atoms with van der Waals surface area (Å²) in [5.41, 5.74) is 0.175. The van der Waals surface area contributed by atoms with Crippen LogP contribution in [0.2, 0.25) is 0 Å². The van der Waals surface area contributed by atoms with Gasteiger partial charge in [-0.15, -0.1) is 10.2 Å². The molecule has 1 aromatic carbocycles. The molecule has 3 rings (SSSR count). The van der Waals surface area contributed by atoms with Crippen LogP contribution in [-0.2, 0) is 6.42 Å². The molecule has 1 unspecified atom stereocenters. The third-order valence-electron chi connectivity index (χ3n) is 4.60. The summed E-state index contributed by atoms with van der Waals surface area (Å²) in [6.07, 6.45) is 3.81. The van der Waals surface area contributed by atoms with E-state index >= 15 is 0 Å². The summed E-state index contributed by atoms with van der Waals surface area (Å²) in [4.78, 5) is 2.46. The zero-order valence-corrected chi connectivity index (χ0v) is 15.2. The van der Waals surface area contributed by atoms with Crippen molar-refractivity contribution >= 4 is 0 Å². The van der Waals surface area contributed by atoms with E-state index in [1.165, 1.54) is 38.4 Å². The van der Waals surface area contributed by atoms with E-state index in [0.717, 1.165) is 13.0 Å². The molecule has 0 saturated carbocycles. The molecule has 6 nitrogen and oxygen atoms in total. The van der Waals surface area contributed by atoms with Crippen molar-refractivity contribution in [2.75, 3.05) is 26.2 Å². The summed E-state index contributed by atoms with van der Waals surface area (Å²) in [7, 11) is 0. The molecule has 1 aliphatic rings. The van der Waals surface area contributed by atoms with Gasteiger partial charge in [0.05, 0.1) is 19.1 Å². The molecule has 1 aliphatic heterocycles. The lowest BCUT2D eigenvalue weighted by Gasteiger charge is -2.26. The van der Waals surface area contributed by atoms with Crippen LogP contribution in [0.3, 0.4) is 0 Å². The quantitative estimate of drug-likeness (QED) is 0.727. The van der Waals surface area contributed by atoms with Crippen LogP contribution in [-0.4, -0.2) is 46.4 Å². The Kier molecular flexibility index (Phi) is 6.57. The van der Waals surface area contributed by atoms with Crippen molar-refractivity contribution in [2.24, 2.45) is 0 Å². The van der Waals surface area contributed by atoms with Gasteiger partial charge < -0.3 is 19.2 Å². The third kappa shape index (κ3) is 5.25. The molecule has 142 valence electrons.